The number of piperidine rings is 1. The van der Waals surface area contributed by atoms with Gasteiger partial charge in [-0.25, -0.2) is 0 Å². The lowest BCUT2D eigenvalue weighted by Gasteiger charge is -2.31. The van der Waals surface area contributed by atoms with Crippen molar-refractivity contribution in [2.75, 3.05) is 19.0 Å². The summed E-state index contributed by atoms with van der Waals surface area (Å²) in [5, 5.41) is 2.98. The van der Waals surface area contributed by atoms with Gasteiger partial charge >= 0.3 is 0 Å². The van der Waals surface area contributed by atoms with Crippen LogP contribution in [0.3, 0.4) is 0 Å². The van der Waals surface area contributed by atoms with Gasteiger partial charge in [0.15, 0.2) is 0 Å². The molecule has 1 aliphatic heterocycles. The van der Waals surface area contributed by atoms with E-state index in [4.69, 9.17) is 11.6 Å². The van der Waals surface area contributed by atoms with Gasteiger partial charge in [0.1, 0.15) is 0 Å². The first-order valence-corrected chi connectivity index (χ1v) is 6.27. The molecule has 92 valence electrons. The molecule has 0 bridgehead atoms. The molecule has 0 aromatic carbocycles. The normalized spacial score (nSPS) is 17.2. The fourth-order valence-electron chi connectivity index (χ4n) is 1.87. The molecule has 0 radical (unpaired) electrons. The second-order valence-electron chi connectivity index (χ2n) is 4.14. The van der Waals surface area contributed by atoms with Crippen molar-refractivity contribution in [2.24, 2.45) is 0 Å². The minimum Gasteiger partial charge on any atom is -0.353 e. The molecule has 5 heteroatoms. The van der Waals surface area contributed by atoms with Crippen LogP contribution in [0.2, 0.25) is 0 Å². The van der Waals surface area contributed by atoms with E-state index in [0.717, 1.165) is 32.4 Å². The maximum Gasteiger partial charge on any atom is 0.220 e. The number of halogens is 1. The van der Waals surface area contributed by atoms with E-state index in [0.29, 0.717) is 12.3 Å². The van der Waals surface area contributed by atoms with Crippen molar-refractivity contribution < 1.29 is 9.59 Å². The van der Waals surface area contributed by atoms with Crippen LogP contribution in [0, 0.1) is 0 Å². The standard InChI is InChI=1S/C11H19ClN2O2/c1-9(15)14-7-4-10(5-8-14)13-11(16)3-2-6-12/h10H,2-8H2,1H3,(H,13,16). The van der Waals surface area contributed by atoms with Gasteiger partial charge in [0.25, 0.3) is 0 Å². The monoisotopic (exact) mass is 246 g/mol. The summed E-state index contributed by atoms with van der Waals surface area (Å²) in [6.07, 6.45) is 2.93. The maximum atomic E-state index is 11.4. The zero-order valence-corrected chi connectivity index (χ0v) is 10.4. The Balaban J connectivity index is 2.21. The number of nitrogens with one attached hydrogen (secondary N) is 1. The Morgan fingerprint density at radius 3 is 2.50 bits per heavy atom. The predicted octanol–water partition coefficient (Wildman–Crippen LogP) is 1.13. The first kappa shape index (κ1) is 13.3. The largest absolute Gasteiger partial charge is 0.353 e. The molecule has 1 N–H and O–H groups in total. The van der Waals surface area contributed by atoms with Crippen molar-refractivity contribution in [3.8, 4) is 0 Å². The summed E-state index contributed by atoms with van der Waals surface area (Å²) < 4.78 is 0. The smallest absolute Gasteiger partial charge is 0.220 e. The first-order chi connectivity index (χ1) is 7.63. The van der Waals surface area contributed by atoms with Crippen molar-refractivity contribution in [3.63, 3.8) is 0 Å². The number of hydrogen-bond acceptors (Lipinski definition) is 2. The third-order valence-corrected chi connectivity index (χ3v) is 3.11. The van der Waals surface area contributed by atoms with E-state index >= 15 is 0 Å². The second kappa shape index (κ2) is 6.74. The number of hydrogen-bond donors (Lipinski definition) is 1. The van der Waals surface area contributed by atoms with E-state index in [9.17, 15) is 9.59 Å². The Labute approximate surface area is 101 Å². The summed E-state index contributed by atoms with van der Waals surface area (Å²) in [6, 6.07) is 0.221. The molecule has 1 aliphatic rings. The molecule has 16 heavy (non-hydrogen) atoms. The van der Waals surface area contributed by atoms with Crippen LogP contribution in [0.1, 0.15) is 32.6 Å². The van der Waals surface area contributed by atoms with Gasteiger partial charge in [-0.2, -0.15) is 0 Å². The zero-order chi connectivity index (χ0) is 12.0. The minimum absolute atomic E-state index is 0.0712. The van der Waals surface area contributed by atoms with Crippen molar-refractivity contribution in [1.82, 2.24) is 10.2 Å². The van der Waals surface area contributed by atoms with Gasteiger partial charge in [-0.15, -0.1) is 11.6 Å². The Hall–Kier alpha value is -0.770. The van der Waals surface area contributed by atoms with E-state index < -0.39 is 0 Å². The van der Waals surface area contributed by atoms with Gasteiger partial charge in [-0.05, 0) is 19.3 Å². The summed E-state index contributed by atoms with van der Waals surface area (Å²) in [6.45, 7) is 3.07. The first-order valence-electron chi connectivity index (χ1n) is 5.74. The van der Waals surface area contributed by atoms with Crippen molar-refractivity contribution in [2.45, 2.75) is 38.6 Å². The average Bonchev–Trinajstić information content (AvgIpc) is 2.27. The Morgan fingerprint density at radius 2 is 2.00 bits per heavy atom. The highest BCUT2D eigenvalue weighted by Crippen LogP contribution is 2.10. The molecule has 1 rings (SSSR count). The number of rotatable bonds is 4. The summed E-state index contributed by atoms with van der Waals surface area (Å²) in [7, 11) is 0. The fraction of sp³-hybridized carbons (Fsp3) is 0.818. The second-order valence-corrected chi connectivity index (χ2v) is 4.52. The molecular weight excluding hydrogens is 228 g/mol. The summed E-state index contributed by atoms with van der Waals surface area (Å²) in [4.78, 5) is 24.3. The van der Waals surface area contributed by atoms with E-state index in [2.05, 4.69) is 5.32 Å². The molecule has 2 amide bonds. The Bertz CT molecular complexity index is 250. The van der Waals surface area contributed by atoms with Crippen LogP contribution < -0.4 is 5.32 Å². The van der Waals surface area contributed by atoms with Gasteiger partial charge in [0, 0.05) is 38.4 Å². The van der Waals surface area contributed by atoms with Crippen LogP contribution in [0.5, 0.6) is 0 Å². The van der Waals surface area contributed by atoms with Gasteiger partial charge in [-0.3, -0.25) is 9.59 Å². The van der Waals surface area contributed by atoms with Crippen LogP contribution in [0.4, 0.5) is 0 Å². The number of amides is 2. The Kier molecular flexibility index (Phi) is 5.60. The van der Waals surface area contributed by atoms with Crippen LogP contribution in [0.25, 0.3) is 0 Å². The lowest BCUT2D eigenvalue weighted by atomic mass is 10.0. The van der Waals surface area contributed by atoms with Crippen LogP contribution in [-0.4, -0.2) is 41.7 Å². The van der Waals surface area contributed by atoms with Crippen LogP contribution in [-0.2, 0) is 9.59 Å². The summed E-state index contributed by atoms with van der Waals surface area (Å²) in [5.41, 5.74) is 0. The van der Waals surface area contributed by atoms with Gasteiger partial charge in [-0.1, -0.05) is 0 Å². The molecule has 1 saturated heterocycles. The lowest BCUT2D eigenvalue weighted by molar-refractivity contribution is -0.130. The summed E-state index contributed by atoms with van der Waals surface area (Å²) >= 11 is 5.52. The number of likely N-dealkylation sites (tertiary alicyclic amines) is 1. The van der Waals surface area contributed by atoms with Crippen molar-refractivity contribution in [3.05, 3.63) is 0 Å². The quantitative estimate of drug-likeness (QED) is 0.756. The van der Waals surface area contributed by atoms with E-state index in [1.807, 2.05) is 4.90 Å². The zero-order valence-electron chi connectivity index (χ0n) is 9.67. The number of carbonyl (C=O) groups is 2. The van der Waals surface area contributed by atoms with E-state index in [-0.39, 0.29) is 17.9 Å². The molecule has 0 atom stereocenters. The summed E-state index contributed by atoms with van der Waals surface area (Å²) in [5.74, 6) is 0.713. The van der Waals surface area contributed by atoms with Gasteiger partial charge in [0.05, 0.1) is 0 Å². The fourth-order valence-corrected chi connectivity index (χ4v) is 2.00. The maximum absolute atomic E-state index is 11.4. The molecule has 1 fully saturated rings. The SMILES string of the molecule is CC(=O)N1CCC(NC(=O)CCCCl)CC1. The third kappa shape index (κ3) is 4.39. The molecule has 0 saturated carbocycles. The number of carbonyl (C=O) groups excluding carboxylic acids is 2. The van der Waals surface area contributed by atoms with E-state index in [1.54, 1.807) is 6.92 Å². The predicted molar refractivity (Wildman–Crippen MR) is 63.4 cm³/mol. The molecule has 0 unspecified atom stereocenters. The number of alkyl halides is 1. The van der Waals surface area contributed by atoms with Gasteiger partial charge < -0.3 is 10.2 Å². The average molecular weight is 247 g/mol. The number of nitrogens with zero attached hydrogens (tertiary/aromatic N) is 1. The molecule has 0 aliphatic carbocycles. The third-order valence-electron chi connectivity index (χ3n) is 2.84. The molecule has 0 aromatic heterocycles. The van der Waals surface area contributed by atoms with Crippen molar-refractivity contribution in [1.29, 1.82) is 0 Å². The lowest BCUT2D eigenvalue weighted by Crippen LogP contribution is -2.45. The van der Waals surface area contributed by atoms with Crippen molar-refractivity contribution >= 4 is 23.4 Å². The highest BCUT2D eigenvalue weighted by Gasteiger charge is 2.21. The minimum atomic E-state index is 0.0712. The molecule has 0 spiro atoms. The van der Waals surface area contributed by atoms with Gasteiger partial charge in [0.2, 0.25) is 11.8 Å². The Morgan fingerprint density at radius 1 is 1.38 bits per heavy atom. The van der Waals surface area contributed by atoms with E-state index in [1.165, 1.54) is 0 Å². The highest BCUT2D eigenvalue weighted by atomic mass is 35.5. The highest BCUT2D eigenvalue weighted by molar-refractivity contribution is 6.17. The molecule has 1 heterocycles. The molecule has 0 aromatic rings. The van der Waals surface area contributed by atoms with Crippen LogP contribution in [0.15, 0.2) is 0 Å². The topological polar surface area (TPSA) is 49.4 Å². The molecular formula is C11H19ClN2O2. The van der Waals surface area contributed by atoms with Crippen LogP contribution >= 0.6 is 11.6 Å². The molecule has 4 nitrogen and oxygen atoms in total.